The van der Waals surface area contributed by atoms with Gasteiger partial charge < -0.3 is 10.6 Å². The van der Waals surface area contributed by atoms with Crippen LogP contribution in [0.1, 0.15) is 32.3 Å². The first-order valence-corrected chi connectivity index (χ1v) is 6.18. The van der Waals surface area contributed by atoms with Gasteiger partial charge >= 0.3 is 0 Å². The molecule has 1 aliphatic rings. The summed E-state index contributed by atoms with van der Waals surface area (Å²) in [6.45, 7) is 5.61. The summed E-state index contributed by atoms with van der Waals surface area (Å²) >= 11 is 0. The third kappa shape index (κ3) is 2.36. The summed E-state index contributed by atoms with van der Waals surface area (Å²) in [5.74, 6) is 0.725. The number of hydrogen-bond donors (Lipinski definition) is 1. The molecular weight excluding hydrogens is 210 g/mol. The molecule has 1 aromatic rings. The van der Waals surface area contributed by atoms with Gasteiger partial charge in [-0.05, 0) is 43.9 Å². The molecule has 3 nitrogen and oxygen atoms in total. The molecule has 1 saturated heterocycles. The first-order chi connectivity index (χ1) is 8.11. The number of rotatable bonds is 1. The molecule has 0 bridgehead atoms. The van der Waals surface area contributed by atoms with Crippen molar-refractivity contribution in [3.05, 3.63) is 23.8 Å². The number of benzene rings is 1. The third-order valence-electron chi connectivity index (χ3n) is 3.60. The van der Waals surface area contributed by atoms with Crippen molar-refractivity contribution in [3.63, 3.8) is 0 Å². The molecule has 17 heavy (non-hydrogen) atoms. The molecule has 0 aliphatic carbocycles. The number of piperidine rings is 1. The Labute approximate surface area is 103 Å². The SMILES string of the molecule is CC1CCC(C)N(c2ccc(C#N)c(N)c2)C1. The first-order valence-electron chi connectivity index (χ1n) is 6.18. The van der Waals surface area contributed by atoms with Gasteiger partial charge in [-0.2, -0.15) is 5.26 Å². The fraction of sp³-hybridized carbons (Fsp3) is 0.500. The van der Waals surface area contributed by atoms with Crippen LogP contribution >= 0.6 is 0 Å². The average molecular weight is 229 g/mol. The van der Waals surface area contributed by atoms with Crippen LogP contribution in [0, 0.1) is 17.2 Å². The maximum atomic E-state index is 8.87. The summed E-state index contributed by atoms with van der Waals surface area (Å²) in [6.07, 6.45) is 2.52. The minimum atomic E-state index is 0.554. The maximum Gasteiger partial charge on any atom is 0.101 e. The predicted octanol–water partition coefficient (Wildman–Crippen LogP) is 2.77. The van der Waals surface area contributed by atoms with Crippen LogP contribution in [0.5, 0.6) is 0 Å². The van der Waals surface area contributed by atoms with E-state index in [2.05, 4.69) is 24.8 Å². The second kappa shape index (κ2) is 4.67. The molecule has 2 N–H and O–H groups in total. The van der Waals surface area contributed by atoms with E-state index < -0.39 is 0 Å². The summed E-state index contributed by atoms with van der Waals surface area (Å²) in [7, 11) is 0. The monoisotopic (exact) mass is 229 g/mol. The Morgan fingerprint density at radius 3 is 2.76 bits per heavy atom. The number of hydrogen-bond acceptors (Lipinski definition) is 3. The fourth-order valence-electron chi connectivity index (χ4n) is 2.48. The lowest BCUT2D eigenvalue weighted by atomic mass is 9.94. The molecule has 2 atom stereocenters. The van der Waals surface area contributed by atoms with Crippen LogP contribution in [-0.2, 0) is 0 Å². The highest BCUT2D eigenvalue weighted by Gasteiger charge is 2.23. The van der Waals surface area contributed by atoms with Crippen molar-refractivity contribution in [2.45, 2.75) is 32.7 Å². The van der Waals surface area contributed by atoms with E-state index in [-0.39, 0.29) is 0 Å². The molecule has 0 amide bonds. The van der Waals surface area contributed by atoms with Crippen LogP contribution < -0.4 is 10.6 Å². The number of anilines is 2. The lowest BCUT2D eigenvalue weighted by Gasteiger charge is -2.38. The average Bonchev–Trinajstić information content (AvgIpc) is 2.32. The molecule has 1 aliphatic heterocycles. The van der Waals surface area contributed by atoms with E-state index in [1.54, 1.807) is 0 Å². The quantitative estimate of drug-likeness (QED) is 0.753. The van der Waals surface area contributed by atoms with Gasteiger partial charge in [-0.25, -0.2) is 0 Å². The summed E-state index contributed by atoms with van der Waals surface area (Å²) in [5, 5.41) is 8.87. The minimum absolute atomic E-state index is 0.554. The van der Waals surface area contributed by atoms with Crippen molar-refractivity contribution in [1.82, 2.24) is 0 Å². The van der Waals surface area contributed by atoms with Crippen molar-refractivity contribution in [3.8, 4) is 6.07 Å². The number of nitrogens with two attached hydrogens (primary N) is 1. The highest BCUT2D eigenvalue weighted by molar-refractivity contribution is 5.64. The van der Waals surface area contributed by atoms with Gasteiger partial charge in [0.15, 0.2) is 0 Å². The molecule has 3 heteroatoms. The van der Waals surface area contributed by atoms with Gasteiger partial charge in [0.05, 0.1) is 11.3 Å². The van der Waals surface area contributed by atoms with Gasteiger partial charge in [-0.1, -0.05) is 6.92 Å². The maximum absolute atomic E-state index is 8.87. The van der Waals surface area contributed by atoms with Crippen molar-refractivity contribution in [1.29, 1.82) is 5.26 Å². The summed E-state index contributed by atoms with van der Waals surface area (Å²) < 4.78 is 0. The highest BCUT2D eigenvalue weighted by atomic mass is 15.2. The van der Waals surface area contributed by atoms with Crippen molar-refractivity contribution in [2.75, 3.05) is 17.2 Å². The summed E-state index contributed by atoms with van der Waals surface area (Å²) in [6, 6.07) is 8.40. The zero-order valence-electron chi connectivity index (χ0n) is 10.5. The Bertz CT molecular complexity index is 447. The highest BCUT2D eigenvalue weighted by Crippen LogP contribution is 2.29. The minimum Gasteiger partial charge on any atom is -0.398 e. The van der Waals surface area contributed by atoms with Gasteiger partial charge in [0.2, 0.25) is 0 Å². The second-order valence-corrected chi connectivity index (χ2v) is 5.07. The van der Waals surface area contributed by atoms with Gasteiger partial charge in [0, 0.05) is 18.3 Å². The zero-order valence-corrected chi connectivity index (χ0v) is 10.5. The number of nitrogen functional groups attached to an aromatic ring is 1. The molecule has 0 radical (unpaired) electrons. The van der Waals surface area contributed by atoms with Crippen molar-refractivity contribution < 1.29 is 0 Å². The fourth-order valence-corrected chi connectivity index (χ4v) is 2.48. The van der Waals surface area contributed by atoms with Gasteiger partial charge in [0.25, 0.3) is 0 Å². The van der Waals surface area contributed by atoms with Crippen LogP contribution in [-0.4, -0.2) is 12.6 Å². The van der Waals surface area contributed by atoms with E-state index in [4.69, 9.17) is 11.0 Å². The Balaban J connectivity index is 2.27. The largest absolute Gasteiger partial charge is 0.398 e. The smallest absolute Gasteiger partial charge is 0.101 e. The van der Waals surface area contributed by atoms with Gasteiger partial charge in [-0.15, -0.1) is 0 Å². The van der Waals surface area contributed by atoms with Crippen molar-refractivity contribution >= 4 is 11.4 Å². The first kappa shape index (κ1) is 11.8. The Hall–Kier alpha value is -1.69. The van der Waals surface area contributed by atoms with Gasteiger partial charge in [-0.3, -0.25) is 0 Å². The third-order valence-corrected chi connectivity index (χ3v) is 3.60. The molecule has 1 fully saturated rings. The number of nitriles is 1. The normalized spacial score (nSPS) is 24.4. The van der Waals surface area contributed by atoms with E-state index in [0.29, 0.717) is 17.3 Å². The van der Waals surface area contributed by atoms with Crippen LogP contribution in [0.4, 0.5) is 11.4 Å². The summed E-state index contributed by atoms with van der Waals surface area (Å²) in [5.41, 5.74) is 8.15. The van der Waals surface area contributed by atoms with E-state index in [1.165, 1.54) is 12.8 Å². The lowest BCUT2D eigenvalue weighted by molar-refractivity contribution is 0.390. The topological polar surface area (TPSA) is 53.0 Å². The van der Waals surface area contributed by atoms with E-state index in [1.807, 2.05) is 18.2 Å². The van der Waals surface area contributed by atoms with Crippen LogP contribution in [0.3, 0.4) is 0 Å². The van der Waals surface area contributed by atoms with E-state index in [0.717, 1.165) is 18.2 Å². The second-order valence-electron chi connectivity index (χ2n) is 5.07. The molecule has 1 aromatic carbocycles. The number of nitrogens with zero attached hydrogens (tertiary/aromatic N) is 2. The zero-order chi connectivity index (χ0) is 12.4. The van der Waals surface area contributed by atoms with E-state index >= 15 is 0 Å². The molecule has 90 valence electrons. The summed E-state index contributed by atoms with van der Waals surface area (Å²) in [4.78, 5) is 2.39. The molecule has 0 aromatic heterocycles. The Morgan fingerprint density at radius 2 is 2.12 bits per heavy atom. The molecular formula is C14H19N3. The Kier molecular flexibility index (Phi) is 3.23. The molecule has 1 heterocycles. The van der Waals surface area contributed by atoms with E-state index in [9.17, 15) is 0 Å². The van der Waals surface area contributed by atoms with Crippen LogP contribution in [0.25, 0.3) is 0 Å². The molecule has 0 spiro atoms. The van der Waals surface area contributed by atoms with Gasteiger partial charge in [0.1, 0.15) is 6.07 Å². The lowest BCUT2D eigenvalue weighted by Crippen LogP contribution is -2.41. The Morgan fingerprint density at radius 1 is 1.35 bits per heavy atom. The molecule has 0 saturated carbocycles. The molecule has 2 rings (SSSR count). The van der Waals surface area contributed by atoms with Crippen LogP contribution in [0.2, 0.25) is 0 Å². The standard InChI is InChI=1S/C14H19N3/c1-10-3-4-11(2)17(9-10)13-6-5-12(8-15)14(16)7-13/h5-7,10-11H,3-4,9,16H2,1-2H3. The predicted molar refractivity (Wildman–Crippen MR) is 70.8 cm³/mol. The molecule has 2 unspecified atom stereocenters. The van der Waals surface area contributed by atoms with Crippen LogP contribution in [0.15, 0.2) is 18.2 Å². The van der Waals surface area contributed by atoms with Crippen molar-refractivity contribution in [2.24, 2.45) is 5.92 Å².